The zero-order valence-corrected chi connectivity index (χ0v) is 17.0. The van der Waals surface area contributed by atoms with Gasteiger partial charge in [-0.2, -0.15) is 9.78 Å². The summed E-state index contributed by atoms with van der Waals surface area (Å²) in [5, 5.41) is 8.24. The molecular formula is C21H21N5OS. The predicted molar refractivity (Wildman–Crippen MR) is 115 cm³/mol. The summed E-state index contributed by atoms with van der Waals surface area (Å²) in [5.41, 5.74) is 4.49. The Bertz CT molecular complexity index is 1170. The first kappa shape index (κ1) is 18.2. The Labute approximate surface area is 167 Å². The van der Waals surface area contributed by atoms with E-state index in [2.05, 4.69) is 28.4 Å². The predicted octanol–water partition coefficient (Wildman–Crippen LogP) is 4.42. The molecule has 0 aliphatic rings. The van der Waals surface area contributed by atoms with Gasteiger partial charge in [0.1, 0.15) is 5.82 Å². The summed E-state index contributed by atoms with van der Waals surface area (Å²) < 4.78 is 2.79. The topological polar surface area (TPSA) is 63.1 Å². The summed E-state index contributed by atoms with van der Waals surface area (Å²) in [6.45, 7) is 3.96. The first-order valence-corrected chi connectivity index (χ1v) is 9.75. The molecular weight excluding hydrogens is 370 g/mol. The molecule has 0 saturated carbocycles. The number of nitrogens with one attached hydrogen (secondary N) is 1. The van der Waals surface area contributed by atoms with Crippen molar-refractivity contribution >= 4 is 39.0 Å². The average Bonchev–Trinajstić information content (AvgIpc) is 3.24. The molecule has 0 radical (unpaired) electrons. The zero-order valence-electron chi connectivity index (χ0n) is 16.2. The third-order valence-corrected chi connectivity index (χ3v) is 5.41. The van der Waals surface area contributed by atoms with Crippen molar-refractivity contribution in [2.45, 2.75) is 13.8 Å². The number of carbonyl (C=O) groups excluding carboxylic acids is 1. The fourth-order valence-electron chi connectivity index (χ4n) is 2.96. The van der Waals surface area contributed by atoms with Gasteiger partial charge in [-0.3, -0.25) is 4.79 Å². The minimum absolute atomic E-state index is 0.179. The maximum absolute atomic E-state index is 12.8. The average molecular weight is 392 g/mol. The smallest absolute Gasteiger partial charge is 0.256 e. The lowest BCUT2D eigenvalue weighted by molar-refractivity contribution is 0.102. The second-order valence-electron chi connectivity index (χ2n) is 6.95. The van der Waals surface area contributed by atoms with E-state index in [0.29, 0.717) is 11.4 Å². The van der Waals surface area contributed by atoms with E-state index in [1.807, 2.05) is 62.3 Å². The lowest BCUT2D eigenvalue weighted by Gasteiger charge is -2.13. The fraction of sp³-hybridized carbons (Fsp3) is 0.190. The fourth-order valence-corrected chi connectivity index (χ4v) is 3.99. The Morgan fingerprint density at radius 1 is 1.11 bits per heavy atom. The number of hydrogen-bond acceptors (Lipinski definition) is 5. The Kier molecular flexibility index (Phi) is 4.60. The molecule has 0 bridgehead atoms. The molecule has 142 valence electrons. The number of rotatable bonds is 4. The Morgan fingerprint density at radius 2 is 1.93 bits per heavy atom. The van der Waals surface area contributed by atoms with Crippen LogP contribution in [0.25, 0.3) is 15.3 Å². The second-order valence-corrected chi connectivity index (χ2v) is 7.96. The van der Waals surface area contributed by atoms with Gasteiger partial charge in [-0.25, -0.2) is 4.98 Å². The van der Waals surface area contributed by atoms with Crippen molar-refractivity contribution in [2.75, 3.05) is 24.3 Å². The molecule has 1 amide bonds. The molecule has 0 atom stereocenters. The van der Waals surface area contributed by atoms with Crippen LogP contribution in [0, 0.1) is 13.8 Å². The number of thiazole rings is 1. The second kappa shape index (κ2) is 7.09. The highest BCUT2D eigenvalue weighted by Crippen LogP contribution is 2.28. The molecule has 2 aromatic carbocycles. The Balaban J connectivity index is 1.67. The van der Waals surface area contributed by atoms with Gasteiger partial charge in [0.05, 0.1) is 15.9 Å². The molecule has 0 aliphatic carbocycles. The molecule has 28 heavy (non-hydrogen) atoms. The van der Waals surface area contributed by atoms with E-state index in [1.54, 1.807) is 22.1 Å². The number of benzene rings is 2. The molecule has 4 aromatic rings. The molecule has 0 aliphatic heterocycles. The largest absolute Gasteiger partial charge is 0.378 e. The normalized spacial score (nSPS) is 11.0. The van der Waals surface area contributed by atoms with Gasteiger partial charge in [0, 0.05) is 31.4 Å². The van der Waals surface area contributed by atoms with Crippen LogP contribution in [0.5, 0.6) is 0 Å². The van der Waals surface area contributed by atoms with Crippen molar-refractivity contribution < 1.29 is 4.79 Å². The van der Waals surface area contributed by atoms with Crippen molar-refractivity contribution in [3.8, 4) is 5.13 Å². The van der Waals surface area contributed by atoms with Gasteiger partial charge in [0.15, 0.2) is 0 Å². The number of aromatic nitrogens is 3. The lowest BCUT2D eigenvalue weighted by Crippen LogP contribution is -2.16. The van der Waals surface area contributed by atoms with Crippen molar-refractivity contribution in [2.24, 2.45) is 0 Å². The van der Waals surface area contributed by atoms with E-state index >= 15 is 0 Å². The lowest BCUT2D eigenvalue weighted by atomic mass is 10.2. The maximum atomic E-state index is 12.8. The summed E-state index contributed by atoms with van der Waals surface area (Å²) in [5.74, 6) is 0.426. The first-order valence-electron chi connectivity index (χ1n) is 8.94. The van der Waals surface area contributed by atoms with E-state index in [9.17, 15) is 4.79 Å². The number of anilines is 2. The number of aryl methyl sites for hydroxylation is 2. The molecule has 2 heterocycles. The van der Waals surface area contributed by atoms with Crippen LogP contribution in [-0.4, -0.2) is 34.8 Å². The molecule has 0 saturated heterocycles. The number of nitrogens with zero attached hydrogens (tertiary/aromatic N) is 4. The molecule has 0 spiro atoms. The molecule has 0 fully saturated rings. The highest BCUT2D eigenvalue weighted by atomic mass is 32.1. The highest BCUT2D eigenvalue weighted by molar-refractivity contribution is 7.20. The van der Waals surface area contributed by atoms with E-state index in [4.69, 9.17) is 0 Å². The van der Waals surface area contributed by atoms with E-state index in [1.165, 1.54) is 5.56 Å². The van der Waals surface area contributed by atoms with Gasteiger partial charge in [-0.05, 0) is 49.7 Å². The summed E-state index contributed by atoms with van der Waals surface area (Å²) in [6.07, 6.45) is 0. The SMILES string of the molecule is Cc1ccc2nc(-n3nc(C)cc3NC(=O)c3cccc(N(C)C)c3)sc2c1. The molecule has 7 heteroatoms. The highest BCUT2D eigenvalue weighted by Gasteiger charge is 2.16. The van der Waals surface area contributed by atoms with Crippen molar-refractivity contribution in [3.05, 3.63) is 65.4 Å². The molecule has 4 rings (SSSR count). The number of carbonyl (C=O) groups is 1. The van der Waals surface area contributed by atoms with Crippen molar-refractivity contribution in [3.63, 3.8) is 0 Å². The van der Waals surface area contributed by atoms with Crippen LogP contribution >= 0.6 is 11.3 Å². The maximum Gasteiger partial charge on any atom is 0.256 e. The summed E-state index contributed by atoms with van der Waals surface area (Å²) in [4.78, 5) is 19.5. The van der Waals surface area contributed by atoms with E-state index < -0.39 is 0 Å². The number of fused-ring (bicyclic) bond motifs is 1. The third-order valence-electron chi connectivity index (χ3n) is 4.41. The molecule has 6 nitrogen and oxygen atoms in total. The zero-order chi connectivity index (χ0) is 19.8. The van der Waals surface area contributed by atoms with Crippen LogP contribution in [0.1, 0.15) is 21.6 Å². The third kappa shape index (κ3) is 3.48. The van der Waals surface area contributed by atoms with Crippen LogP contribution in [0.15, 0.2) is 48.5 Å². The van der Waals surface area contributed by atoms with E-state index in [-0.39, 0.29) is 5.91 Å². The van der Waals surface area contributed by atoms with Crippen LogP contribution in [0.3, 0.4) is 0 Å². The van der Waals surface area contributed by atoms with Crippen LogP contribution in [0.2, 0.25) is 0 Å². The summed E-state index contributed by atoms with van der Waals surface area (Å²) in [7, 11) is 3.90. The van der Waals surface area contributed by atoms with Gasteiger partial charge in [0.2, 0.25) is 5.13 Å². The molecule has 2 aromatic heterocycles. The quantitative estimate of drug-likeness (QED) is 0.559. The van der Waals surface area contributed by atoms with Gasteiger partial charge in [0.25, 0.3) is 5.91 Å². The number of hydrogen-bond donors (Lipinski definition) is 1. The van der Waals surface area contributed by atoms with Gasteiger partial charge in [-0.15, -0.1) is 0 Å². The van der Waals surface area contributed by atoms with Crippen LogP contribution in [-0.2, 0) is 0 Å². The Morgan fingerprint density at radius 3 is 2.71 bits per heavy atom. The summed E-state index contributed by atoms with van der Waals surface area (Å²) >= 11 is 1.55. The molecule has 1 N–H and O–H groups in total. The number of amides is 1. The Hall–Kier alpha value is -3.19. The standard InChI is InChI=1S/C21H21N5OS/c1-13-8-9-17-18(10-13)28-21(22-17)26-19(11-14(2)24-26)23-20(27)15-6-5-7-16(12-15)25(3)4/h5-12H,1-4H3,(H,23,27). The first-order chi connectivity index (χ1) is 13.4. The van der Waals surface area contributed by atoms with Crippen LogP contribution in [0.4, 0.5) is 11.5 Å². The van der Waals surface area contributed by atoms with Crippen molar-refractivity contribution in [1.82, 2.24) is 14.8 Å². The molecule has 0 unspecified atom stereocenters. The summed E-state index contributed by atoms with van der Waals surface area (Å²) in [6, 6.07) is 15.5. The van der Waals surface area contributed by atoms with Gasteiger partial charge >= 0.3 is 0 Å². The van der Waals surface area contributed by atoms with Gasteiger partial charge < -0.3 is 10.2 Å². The minimum atomic E-state index is -0.179. The monoisotopic (exact) mass is 391 g/mol. The van der Waals surface area contributed by atoms with E-state index in [0.717, 1.165) is 26.7 Å². The van der Waals surface area contributed by atoms with Gasteiger partial charge in [-0.1, -0.05) is 23.5 Å². The van der Waals surface area contributed by atoms with Crippen LogP contribution < -0.4 is 10.2 Å². The minimum Gasteiger partial charge on any atom is -0.378 e. The van der Waals surface area contributed by atoms with Crippen molar-refractivity contribution in [1.29, 1.82) is 0 Å².